The molecule has 0 spiro atoms. The standard InChI is InChI=1S/C16H12ClNO4S/c1-16(21,14(19)20)9-2-5-11(6-3-9)22-15-18-12-7-4-10(17)8-13(12)23-15/h2-8,21H,1H3,(H,19,20). The number of carboxylic acids is 1. The molecule has 0 amide bonds. The maximum absolute atomic E-state index is 11.0. The van der Waals surface area contributed by atoms with Gasteiger partial charge in [0.2, 0.25) is 0 Å². The molecule has 0 saturated heterocycles. The Morgan fingerprint density at radius 2 is 1.96 bits per heavy atom. The van der Waals surface area contributed by atoms with Crippen LogP contribution in [0.25, 0.3) is 10.2 Å². The van der Waals surface area contributed by atoms with E-state index in [-0.39, 0.29) is 5.56 Å². The molecule has 0 saturated carbocycles. The number of rotatable bonds is 4. The number of hydrogen-bond acceptors (Lipinski definition) is 5. The first kappa shape index (κ1) is 15.7. The van der Waals surface area contributed by atoms with Gasteiger partial charge in [-0.2, -0.15) is 0 Å². The number of thiazole rings is 1. The quantitative estimate of drug-likeness (QED) is 0.743. The number of ether oxygens (including phenoxy) is 1. The van der Waals surface area contributed by atoms with Gasteiger partial charge in [0.25, 0.3) is 5.19 Å². The summed E-state index contributed by atoms with van der Waals surface area (Å²) in [6.45, 7) is 1.22. The van der Waals surface area contributed by atoms with Gasteiger partial charge in [0.05, 0.1) is 10.2 Å². The van der Waals surface area contributed by atoms with Crippen molar-refractivity contribution in [1.82, 2.24) is 4.98 Å². The lowest BCUT2D eigenvalue weighted by Crippen LogP contribution is -2.31. The average Bonchev–Trinajstić information content (AvgIpc) is 2.89. The van der Waals surface area contributed by atoms with Crippen LogP contribution in [0.4, 0.5) is 0 Å². The number of fused-ring (bicyclic) bond motifs is 1. The summed E-state index contributed by atoms with van der Waals surface area (Å²) in [5.74, 6) is -0.811. The van der Waals surface area contributed by atoms with Crippen LogP contribution in [0.3, 0.4) is 0 Å². The van der Waals surface area contributed by atoms with E-state index in [9.17, 15) is 9.90 Å². The van der Waals surface area contributed by atoms with Gasteiger partial charge in [0.15, 0.2) is 5.60 Å². The lowest BCUT2D eigenvalue weighted by atomic mass is 9.96. The second-order valence-electron chi connectivity index (χ2n) is 5.10. The lowest BCUT2D eigenvalue weighted by molar-refractivity contribution is -0.157. The van der Waals surface area contributed by atoms with Crippen molar-refractivity contribution < 1.29 is 19.7 Å². The number of aromatic nitrogens is 1. The van der Waals surface area contributed by atoms with Crippen molar-refractivity contribution in [3.63, 3.8) is 0 Å². The summed E-state index contributed by atoms with van der Waals surface area (Å²) in [6, 6.07) is 11.6. The topological polar surface area (TPSA) is 79.7 Å². The van der Waals surface area contributed by atoms with E-state index in [1.165, 1.54) is 30.4 Å². The van der Waals surface area contributed by atoms with Gasteiger partial charge in [0.1, 0.15) is 5.75 Å². The third-order valence-corrected chi connectivity index (χ3v) is 4.50. The van der Waals surface area contributed by atoms with Crippen LogP contribution in [0.1, 0.15) is 12.5 Å². The van der Waals surface area contributed by atoms with Crippen LogP contribution in [0.2, 0.25) is 5.02 Å². The number of halogens is 1. The molecule has 23 heavy (non-hydrogen) atoms. The van der Waals surface area contributed by atoms with Crippen molar-refractivity contribution in [2.24, 2.45) is 0 Å². The van der Waals surface area contributed by atoms with Crippen molar-refractivity contribution in [3.05, 3.63) is 53.1 Å². The van der Waals surface area contributed by atoms with Crippen LogP contribution in [-0.2, 0) is 10.4 Å². The normalized spacial score (nSPS) is 13.7. The third-order valence-electron chi connectivity index (χ3n) is 3.37. The molecule has 3 aromatic rings. The average molecular weight is 350 g/mol. The summed E-state index contributed by atoms with van der Waals surface area (Å²) >= 11 is 7.30. The van der Waals surface area contributed by atoms with E-state index >= 15 is 0 Å². The number of aliphatic carboxylic acids is 1. The number of nitrogens with zero attached hydrogens (tertiary/aromatic N) is 1. The van der Waals surface area contributed by atoms with E-state index in [1.54, 1.807) is 18.2 Å². The molecule has 7 heteroatoms. The maximum Gasteiger partial charge on any atom is 0.340 e. The molecular formula is C16H12ClNO4S. The minimum Gasteiger partial charge on any atom is -0.479 e. The zero-order valence-electron chi connectivity index (χ0n) is 12.0. The highest BCUT2D eigenvalue weighted by molar-refractivity contribution is 7.20. The minimum absolute atomic E-state index is 0.272. The van der Waals surface area contributed by atoms with Gasteiger partial charge >= 0.3 is 5.97 Å². The molecule has 1 atom stereocenters. The van der Waals surface area contributed by atoms with Crippen LogP contribution in [0.5, 0.6) is 10.9 Å². The van der Waals surface area contributed by atoms with Crippen molar-refractivity contribution in [2.75, 3.05) is 0 Å². The van der Waals surface area contributed by atoms with E-state index < -0.39 is 11.6 Å². The number of benzene rings is 2. The predicted molar refractivity (Wildman–Crippen MR) is 88.4 cm³/mol. The second kappa shape index (κ2) is 5.81. The van der Waals surface area contributed by atoms with Gasteiger partial charge < -0.3 is 14.9 Å². The highest BCUT2D eigenvalue weighted by atomic mass is 35.5. The van der Waals surface area contributed by atoms with Crippen molar-refractivity contribution in [2.45, 2.75) is 12.5 Å². The van der Waals surface area contributed by atoms with E-state index in [1.807, 2.05) is 12.1 Å². The van der Waals surface area contributed by atoms with Crippen LogP contribution < -0.4 is 4.74 Å². The van der Waals surface area contributed by atoms with Crippen molar-refractivity contribution in [1.29, 1.82) is 0 Å². The van der Waals surface area contributed by atoms with Gasteiger partial charge in [0, 0.05) is 5.02 Å². The molecule has 0 aliphatic rings. The Bertz CT molecular complexity index is 873. The smallest absolute Gasteiger partial charge is 0.340 e. The van der Waals surface area contributed by atoms with Crippen LogP contribution in [-0.4, -0.2) is 21.2 Å². The fourth-order valence-electron chi connectivity index (χ4n) is 1.99. The third kappa shape index (κ3) is 3.14. The Hall–Kier alpha value is -2.15. The molecular weight excluding hydrogens is 338 g/mol. The van der Waals surface area contributed by atoms with Crippen LogP contribution >= 0.6 is 22.9 Å². The Morgan fingerprint density at radius 1 is 1.26 bits per heavy atom. The molecule has 0 aliphatic carbocycles. The van der Waals surface area contributed by atoms with Gasteiger partial charge in [-0.3, -0.25) is 0 Å². The van der Waals surface area contributed by atoms with E-state index in [0.29, 0.717) is 16.0 Å². The fourth-order valence-corrected chi connectivity index (χ4v) is 3.10. The minimum atomic E-state index is -1.94. The first-order chi connectivity index (χ1) is 10.9. The van der Waals surface area contributed by atoms with Gasteiger partial charge in [-0.05, 0) is 42.8 Å². The monoisotopic (exact) mass is 349 g/mol. The molecule has 118 valence electrons. The predicted octanol–water partition coefficient (Wildman–Crippen LogP) is 4.03. The molecule has 0 fully saturated rings. The van der Waals surface area contributed by atoms with E-state index in [4.69, 9.17) is 21.4 Å². The Morgan fingerprint density at radius 3 is 2.61 bits per heavy atom. The summed E-state index contributed by atoms with van der Waals surface area (Å²) < 4.78 is 6.58. The molecule has 5 nitrogen and oxygen atoms in total. The molecule has 1 unspecified atom stereocenters. The van der Waals surface area contributed by atoms with Gasteiger partial charge in [-0.15, -0.1) is 0 Å². The summed E-state index contributed by atoms with van der Waals surface area (Å²) in [6.07, 6.45) is 0. The van der Waals surface area contributed by atoms with E-state index in [0.717, 1.165) is 10.2 Å². The maximum atomic E-state index is 11.0. The van der Waals surface area contributed by atoms with Gasteiger partial charge in [-0.1, -0.05) is 35.1 Å². The fraction of sp³-hybridized carbons (Fsp3) is 0.125. The first-order valence-corrected chi connectivity index (χ1v) is 7.86. The highest BCUT2D eigenvalue weighted by Gasteiger charge is 2.32. The Labute approximate surface area is 140 Å². The molecule has 0 aliphatic heterocycles. The summed E-state index contributed by atoms with van der Waals surface area (Å²) in [4.78, 5) is 15.4. The SMILES string of the molecule is CC(O)(C(=O)O)c1ccc(Oc2nc3ccc(Cl)cc3s2)cc1. The molecule has 2 aromatic carbocycles. The lowest BCUT2D eigenvalue weighted by Gasteiger charge is -2.18. The van der Waals surface area contributed by atoms with Crippen LogP contribution in [0, 0.1) is 0 Å². The van der Waals surface area contributed by atoms with E-state index in [2.05, 4.69) is 4.98 Å². The largest absolute Gasteiger partial charge is 0.479 e. The number of hydrogen-bond donors (Lipinski definition) is 2. The first-order valence-electron chi connectivity index (χ1n) is 6.66. The van der Waals surface area contributed by atoms with Crippen molar-refractivity contribution >= 4 is 39.1 Å². The summed E-state index contributed by atoms with van der Waals surface area (Å²) in [5.41, 5.74) is -0.876. The molecule has 2 N–H and O–H groups in total. The second-order valence-corrected chi connectivity index (χ2v) is 6.53. The summed E-state index contributed by atoms with van der Waals surface area (Å²) in [7, 11) is 0. The molecule has 3 rings (SSSR count). The zero-order valence-corrected chi connectivity index (χ0v) is 13.6. The summed E-state index contributed by atoms with van der Waals surface area (Å²) in [5, 5.41) is 20.0. The van der Waals surface area contributed by atoms with Crippen LogP contribution in [0.15, 0.2) is 42.5 Å². The Kier molecular flexibility index (Phi) is 3.97. The van der Waals surface area contributed by atoms with Crippen molar-refractivity contribution in [3.8, 4) is 10.9 Å². The van der Waals surface area contributed by atoms with Gasteiger partial charge in [-0.25, -0.2) is 9.78 Å². The number of aliphatic hydroxyl groups is 1. The Balaban J connectivity index is 1.83. The number of carbonyl (C=O) groups is 1. The molecule has 1 heterocycles. The molecule has 1 aromatic heterocycles. The molecule has 0 radical (unpaired) electrons. The zero-order chi connectivity index (χ0) is 16.6. The number of carboxylic acid groups (broad SMARTS) is 1. The molecule has 0 bridgehead atoms. The highest BCUT2D eigenvalue weighted by Crippen LogP contribution is 2.33.